The van der Waals surface area contributed by atoms with Gasteiger partial charge >= 0.3 is 0 Å². The van der Waals surface area contributed by atoms with E-state index in [1.165, 1.54) is 32.1 Å². The molecule has 2 aliphatic rings. The number of hydrogen-bond acceptors (Lipinski definition) is 3. The van der Waals surface area contributed by atoms with Crippen LogP contribution < -0.4 is 5.32 Å². The van der Waals surface area contributed by atoms with E-state index >= 15 is 0 Å². The summed E-state index contributed by atoms with van der Waals surface area (Å²) in [6.07, 6.45) is 14.2. The SMILES string of the molecule is C[C@H](NC(=O)c1nn(-c2ccc(Cl)cc2Cl)c2c1CCC/C2=C\c1ccoc1)C1CCCCC1. The van der Waals surface area contributed by atoms with Crippen molar-refractivity contribution in [3.63, 3.8) is 0 Å². The largest absolute Gasteiger partial charge is 0.472 e. The summed E-state index contributed by atoms with van der Waals surface area (Å²) in [6.45, 7) is 2.12. The zero-order chi connectivity index (χ0) is 23.7. The number of hydrogen-bond donors (Lipinski definition) is 1. The Kier molecular flexibility index (Phi) is 6.84. The molecule has 0 unspecified atom stereocenters. The average molecular weight is 498 g/mol. The van der Waals surface area contributed by atoms with Crippen molar-refractivity contribution < 1.29 is 9.21 Å². The minimum atomic E-state index is -0.109. The number of halogens is 2. The van der Waals surface area contributed by atoms with Gasteiger partial charge in [0.05, 0.1) is 28.9 Å². The molecule has 34 heavy (non-hydrogen) atoms. The molecule has 5 rings (SSSR count). The lowest BCUT2D eigenvalue weighted by molar-refractivity contribution is 0.0912. The van der Waals surface area contributed by atoms with Gasteiger partial charge in [-0.25, -0.2) is 4.68 Å². The Hall–Kier alpha value is -2.50. The van der Waals surface area contributed by atoms with E-state index in [-0.39, 0.29) is 11.9 Å². The van der Waals surface area contributed by atoms with Crippen LogP contribution in [0, 0.1) is 5.92 Å². The maximum atomic E-state index is 13.5. The summed E-state index contributed by atoms with van der Waals surface area (Å²) in [5, 5.41) is 9.16. The molecule has 2 aliphatic carbocycles. The second-order valence-electron chi connectivity index (χ2n) is 9.42. The summed E-state index contributed by atoms with van der Waals surface area (Å²) in [4.78, 5) is 13.5. The van der Waals surface area contributed by atoms with Crippen molar-refractivity contribution in [2.75, 3.05) is 0 Å². The predicted octanol–water partition coefficient (Wildman–Crippen LogP) is 7.35. The van der Waals surface area contributed by atoms with Crippen LogP contribution in [0.1, 0.15) is 79.2 Å². The number of fused-ring (bicyclic) bond motifs is 1. The van der Waals surface area contributed by atoms with Crippen molar-refractivity contribution in [2.24, 2.45) is 5.92 Å². The maximum Gasteiger partial charge on any atom is 0.272 e. The van der Waals surface area contributed by atoms with E-state index in [0.29, 0.717) is 27.3 Å². The molecule has 1 fully saturated rings. The number of carbonyl (C=O) groups excluding carboxylic acids is 1. The van der Waals surface area contributed by atoms with Crippen molar-refractivity contribution >= 4 is 40.8 Å². The van der Waals surface area contributed by atoms with Crippen LogP contribution in [-0.4, -0.2) is 21.7 Å². The Bertz CT molecular complexity index is 1210. The van der Waals surface area contributed by atoms with E-state index in [0.717, 1.165) is 41.7 Å². The van der Waals surface area contributed by atoms with Gasteiger partial charge in [-0.1, -0.05) is 42.5 Å². The lowest BCUT2D eigenvalue weighted by Crippen LogP contribution is -2.39. The predicted molar refractivity (Wildman–Crippen MR) is 137 cm³/mol. The Morgan fingerprint density at radius 2 is 2.00 bits per heavy atom. The first-order valence-corrected chi connectivity index (χ1v) is 12.9. The smallest absolute Gasteiger partial charge is 0.272 e. The fourth-order valence-corrected chi connectivity index (χ4v) is 5.82. The summed E-state index contributed by atoms with van der Waals surface area (Å²) in [5.41, 5.74) is 5.20. The monoisotopic (exact) mass is 497 g/mol. The van der Waals surface area contributed by atoms with E-state index in [9.17, 15) is 4.79 Å². The molecule has 1 amide bonds. The van der Waals surface area contributed by atoms with Gasteiger partial charge in [0.15, 0.2) is 5.69 Å². The molecule has 7 heteroatoms. The molecule has 0 radical (unpaired) electrons. The standard InChI is InChI=1S/C27H29Cl2N3O2/c1-17(19-6-3-2-4-7-19)30-27(33)25-22-9-5-8-20(14-18-12-13-34-16-18)26(22)32(31-25)24-11-10-21(28)15-23(24)29/h10-17,19H,2-9H2,1H3,(H,30,33)/b20-14+/t17-/m0/s1. The number of amides is 1. The van der Waals surface area contributed by atoms with Crippen molar-refractivity contribution in [1.29, 1.82) is 0 Å². The van der Waals surface area contributed by atoms with Gasteiger partial charge in [-0.2, -0.15) is 5.10 Å². The molecule has 178 valence electrons. The molecule has 0 aliphatic heterocycles. The molecule has 2 heterocycles. The Balaban J connectivity index is 1.57. The van der Waals surface area contributed by atoms with Crippen LogP contribution in [0.15, 0.2) is 41.2 Å². The molecular weight excluding hydrogens is 469 g/mol. The lowest BCUT2D eigenvalue weighted by atomic mass is 9.84. The van der Waals surface area contributed by atoms with Crippen LogP contribution in [-0.2, 0) is 6.42 Å². The first-order chi connectivity index (χ1) is 16.5. The lowest BCUT2D eigenvalue weighted by Gasteiger charge is -2.28. The van der Waals surface area contributed by atoms with Crippen LogP contribution in [0.2, 0.25) is 10.0 Å². The zero-order valence-corrected chi connectivity index (χ0v) is 20.8. The van der Waals surface area contributed by atoms with E-state index in [2.05, 4.69) is 18.3 Å². The quantitative estimate of drug-likeness (QED) is 0.400. The Morgan fingerprint density at radius 1 is 1.18 bits per heavy atom. The Labute approximate surface area is 210 Å². The number of furan rings is 1. The van der Waals surface area contributed by atoms with E-state index in [1.807, 2.05) is 16.8 Å². The fourth-order valence-electron chi connectivity index (χ4n) is 5.33. The Morgan fingerprint density at radius 3 is 2.74 bits per heavy atom. The third-order valence-electron chi connectivity index (χ3n) is 7.11. The first kappa shape index (κ1) is 23.3. The number of carbonyl (C=O) groups is 1. The van der Waals surface area contributed by atoms with Crippen molar-refractivity contribution in [1.82, 2.24) is 15.1 Å². The summed E-state index contributed by atoms with van der Waals surface area (Å²) < 4.78 is 7.09. The second kappa shape index (κ2) is 10.0. The molecule has 1 aromatic carbocycles. The molecule has 5 nitrogen and oxygen atoms in total. The molecule has 2 aromatic heterocycles. The van der Waals surface area contributed by atoms with Gasteiger partial charge in [0, 0.05) is 22.2 Å². The van der Waals surface area contributed by atoms with Crippen LogP contribution >= 0.6 is 23.2 Å². The summed E-state index contributed by atoms with van der Waals surface area (Å²) in [6, 6.07) is 7.41. The van der Waals surface area contributed by atoms with Gasteiger partial charge in [0.1, 0.15) is 0 Å². The minimum Gasteiger partial charge on any atom is -0.472 e. The van der Waals surface area contributed by atoms with Gasteiger partial charge in [0.2, 0.25) is 0 Å². The highest BCUT2D eigenvalue weighted by molar-refractivity contribution is 6.35. The van der Waals surface area contributed by atoms with Gasteiger partial charge in [-0.3, -0.25) is 4.79 Å². The molecule has 3 aromatic rings. The molecule has 0 saturated heterocycles. The number of benzene rings is 1. The maximum absolute atomic E-state index is 13.5. The normalized spacial score (nSPS) is 18.6. The highest BCUT2D eigenvalue weighted by atomic mass is 35.5. The minimum absolute atomic E-state index is 0.109. The zero-order valence-electron chi connectivity index (χ0n) is 19.3. The van der Waals surface area contributed by atoms with Crippen molar-refractivity contribution in [2.45, 2.75) is 64.3 Å². The first-order valence-electron chi connectivity index (χ1n) is 12.1. The number of allylic oxidation sites excluding steroid dienone is 1. The number of rotatable bonds is 5. The molecular formula is C27H29Cl2N3O2. The highest BCUT2D eigenvalue weighted by Crippen LogP contribution is 2.38. The second-order valence-corrected chi connectivity index (χ2v) is 10.3. The van der Waals surface area contributed by atoms with Crippen molar-refractivity contribution in [3.05, 3.63) is 69.4 Å². The van der Waals surface area contributed by atoms with Crippen LogP contribution in [0.3, 0.4) is 0 Å². The van der Waals surface area contributed by atoms with Crippen molar-refractivity contribution in [3.8, 4) is 5.69 Å². The summed E-state index contributed by atoms with van der Waals surface area (Å²) in [7, 11) is 0. The molecule has 1 N–H and O–H groups in total. The van der Waals surface area contributed by atoms with Gasteiger partial charge in [0.25, 0.3) is 5.91 Å². The molecule has 0 bridgehead atoms. The third-order valence-corrected chi connectivity index (χ3v) is 7.65. The summed E-state index contributed by atoms with van der Waals surface area (Å²) in [5.74, 6) is 0.417. The van der Waals surface area contributed by atoms with Crippen LogP contribution in [0.4, 0.5) is 0 Å². The summed E-state index contributed by atoms with van der Waals surface area (Å²) >= 11 is 12.7. The topological polar surface area (TPSA) is 60.1 Å². The molecule has 1 atom stereocenters. The van der Waals surface area contributed by atoms with Crippen LogP contribution in [0.5, 0.6) is 0 Å². The fraction of sp³-hybridized carbons (Fsp3) is 0.407. The molecule has 1 saturated carbocycles. The molecule has 0 spiro atoms. The number of nitrogens with zero attached hydrogens (tertiary/aromatic N) is 2. The van der Waals surface area contributed by atoms with Gasteiger partial charge in [-0.15, -0.1) is 0 Å². The van der Waals surface area contributed by atoms with E-state index in [1.54, 1.807) is 24.7 Å². The third kappa shape index (κ3) is 4.69. The highest BCUT2D eigenvalue weighted by Gasteiger charge is 2.30. The van der Waals surface area contributed by atoms with Gasteiger partial charge in [-0.05, 0) is 80.9 Å². The van der Waals surface area contributed by atoms with Crippen LogP contribution in [0.25, 0.3) is 17.3 Å². The number of nitrogens with one attached hydrogen (secondary N) is 1. The van der Waals surface area contributed by atoms with E-state index in [4.69, 9.17) is 32.7 Å². The van der Waals surface area contributed by atoms with E-state index < -0.39 is 0 Å². The van der Waals surface area contributed by atoms with Gasteiger partial charge < -0.3 is 9.73 Å². The number of aromatic nitrogens is 2. The average Bonchev–Trinajstić information content (AvgIpc) is 3.48.